The molecule has 1 aromatic carbocycles. The van der Waals surface area contributed by atoms with Crippen LogP contribution in [0.5, 0.6) is 0 Å². The second-order valence-corrected chi connectivity index (χ2v) is 7.36. The van der Waals surface area contributed by atoms with E-state index < -0.39 is 29.7 Å². The van der Waals surface area contributed by atoms with Gasteiger partial charge in [0.25, 0.3) is 11.5 Å². The van der Waals surface area contributed by atoms with Gasteiger partial charge in [-0.1, -0.05) is 31.5 Å². The minimum atomic E-state index is -0.808. The topological polar surface area (TPSA) is 153 Å². The molecule has 0 saturated carbocycles. The van der Waals surface area contributed by atoms with E-state index in [9.17, 15) is 19.2 Å². The highest BCUT2D eigenvalue weighted by molar-refractivity contribution is 6.05. The van der Waals surface area contributed by atoms with E-state index in [1.54, 1.807) is 12.1 Å². The lowest BCUT2D eigenvalue weighted by Crippen LogP contribution is -2.44. The second-order valence-electron chi connectivity index (χ2n) is 7.36. The van der Waals surface area contributed by atoms with E-state index in [4.69, 9.17) is 15.2 Å². The molecule has 176 valence electrons. The van der Waals surface area contributed by atoms with Gasteiger partial charge in [-0.25, -0.2) is 9.59 Å². The second kappa shape index (κ2) is 10.6. The first-order valence-corrected chi connectivity index (χ1v) is 10.5. The maximum atomic E-state index is 13.0. The van der Waals surface area contributed by atoms with Crippen LogP contribution in [0.4, 0.5) is 11.5 Å². The fraction of sp³-hybridized carbons (Fsp3) is 0.364. The van der Waals surface area contributed by atoms with Gasteiger partial charge in [0.05, 0.1) is 12.2 Å². The predicted octanol–water partition coefficient (Wildman–Crippen LogP) is 1.24. The average molecular weight is 457 g/mol. The van der Waals surface area contributed by atoms with Gasteiger partial charge in [-0.15, -0.1) is 0 Å². The lowest BCUT2D eigenvalue weighted by Gasteiger charge is -2.24. The summed E-state index contributed by atoms with van der Waals surface area (Å²) >= 11 is 0. The number of fused-ring (bicyclic) bond motifs is 1. The van der Waals surface area contributed by atoms with Gasteiger partial charge in [0.2, 0.25) is 0 Å². The van der Waals surface area contributed by atoms with Crippen LogP contribution in [0.3, 0.4) is 0 Å². The summed E-state index contributed by atoms with van der Waals surface area (Å²) in [5.74, 6) is -1.51. The number of esters is 1. The molecule has 3 rings (SSSR count). The Balaban J connectivity index is 1.85. The maximum Gasteiger partial charge on any atom is 0.340 e. The Kier molecular flexibility index (Phi) is 7.67. The molecule has 11 heteroatoms. The van der Waals surface area contributed by atoms with Crippen LogP contribution in [0.1, 0.15) is 30.1 Å². The Hall–Kier alpha value is -3.86. The van der Waals surface area contributed by atoms with E-state index >= 15 is 0 Å². The van der Waals surface area contributed by atoms with Crippen LogP contribution in [-0.2, 0) is 20.8 Å². The first kappa shape index (κ1) is 23.8. The van der Waals surface area contributed by atoms with Crippen LogP contribution >= 0.6 is 0 Å². The van der Waals surface area contributed by atoms with Crippen molar-refractivity contribution in [3.63, 3.8) is 0 Å². The van der Waals surface area contributed by atoms with E-state index in [1.165, 1.54) is 17.9 Å². The number of nitrogen functional groups attached to an aromatic ring is 1. The van der Waals surface area contributed by atoms with E-state index in [0.717, 1.165) is 16.8 Å². The first-order chi connectivity index (χ1) is 15.9. The minimum absolute atomic E-state index is 0.0285. The first-order valence-electron chi connectivity index (χ1n) is 10.5. The molecule has 0 saturated heterocycles. The van der Waals surface area contributed by atoms with Crippen molar-refractivity contribution in [3.05, 3.63) is 56.9 Å². The monoisotopic (exact) mass is 457 g/mol. The Morgan fingerprint density at radius 1 is 1.21 bits per heavy atom. The third-order valence-corrected chi connectivity index (χ3v) is 5.18. The standard InChI is InChI=1S/C22H27N5O6/c1-3-4-9-27-19(23)18(20(29)25-22(27)31)26(10-11-32-2)17(28)13-33-21(30)15-12-24-16-8-6-5-7-14(15)16/h5-8,12,24H,3-4,9-11,13,23H2,1-2H3,(H,25,29,31). The Labute approximate surface area is 189 Å². The predicted molar refractivity (Wildman–Crippen MR) is 123 cm³/mol. The molecular formula is C22H27N5O6. The molecule has 33 heavy (non-hydrogen) atoms. The van der Waals surface area contributed by atoms with E-state index in [1.807, 2.05) is 19.1 Å². The number of rotatable bonds is 10. The molecule has 0 unspecified atom stereocenters. The van der Waals surface area contributed by atoms with Crippen LogP contribution in [-0.4, -0.2) is 53.3 Å². The van der Waals surface area contributed by atoms with Crippen molar-refractivity contribution >= 4 is 34.3 Å². The number of para-hydroxylation sites is 1. The summed E-state index contributed by atoms with van der Waals surface area (Å²) < 4.78 is 11.5. The number of hydrogen-bond acceptors (Lipinski definition) is 7. The van der Waals surface area contributed by atoms with Crippen LogP contribution in [0.25, 0.3) is 10.9 Å². The van der Waals surface area contributed by atoms with Gasteiger partial charge in [0.15, 0.2) is 12.3 Å². The Bertz CT molecular complexity index is 1260. The number of aromatic nitrogens is 3. The largest absolute Gasteiger partial charge is 0.452 e. The Morgan fingerprint density at radius 2 is 1.97 bits per heavy atom. The molecule has 0 aliphatic carbocycles. The van der Waals surface area contributed by atoms with Crippen molar-refractivity contribution in [1.82, 2.24) is 14.5 Å². The van der Waals surface area contributed by atoms with Crippen molar-refractivity contribution in [3.8, 4) is 0 Å². The summed E-state index contributed by atoms with van der Waals surface area (Å²) in [6.45, 7) is 1.67. The SMILES string of the molecule is CCCCn1c(N)c(N(CCOC)C(=O)COC(=O)c2c[nH]c3ccccc23)c(=O)[nH]c1=O. The van der Waals surface area contributed by atoms with E-state index in [-0.39, 0.29) is 36.8 Å². The number of methoxy groups -OCH3 is 1. The molecule has 0 aliphatic rings. The molecule has 4 N–H and O–H groups in total. The van der Waals surface area contributed by atoms with Crippen molar-refractivity contribution in [1.29, 1.82) is 0 Å². The smallest absolute Gasteiger partial charge is 0.340 e. The summed E-state index contributed by atoms with van der Waals surface area (Å²) in [5, 5.41) is 0.662. The fourth-order valence-corrected chi connectivity index (χ4v) is 3.44. The molecule has 0 aliphatic heterocycles. The highest BCUT2D eigenvalue weighted by atomic mass is 16.5. The number of nitrogens with two attached hydrogens (primary N) is 1. The lowest BCUT2D eigenvalue weighted by atomic mass is 10.2. The number of unbranched alkanes of at least 4 members (excludes halogenated alkanes) is 1. The molecular weight excluding hydrogens is 430 g/mol. The molecule has 11 nitrogen and oxygen atoms in total. The van der Waals surface area contributed by atoms with Crippen molar-refractivity contribution in [2.45, 2.75) is 26.3 Å². The number of nitrogens with one attached hydrogen (secondary N) is 2. The van der Waals surface area contributed by atoms with Gasteiger partial charge in [-0.2, -0.15) is 0 Å². The average Bonchev–Trinajstić information content (AvgIpc) is 3.23. The highest BCUT2D eigenvalue weighted by Crippen LogP contribution is 2.20. The number of aromatic amines is 2. The minimum Gasteiger partial charge on any atom is -0.452 e. The van der Waals surface area contributed by atoms with Crippen molar-refractivity contribution in [2.75, 3.05) is 37.5 Å². The van der Waals surface area contributed by atoms with Gasteiger partial charge >= 0.3 is 11.7 Å². The van der Waals surface area contributed by atoms with Crippen LogP contribution in [0.15, 0.2) is 40.1 Å². The van der Waals surface area contributed by atoms with Gasteiger partial charge in [-0.05, 0) is 12.5 Å². The number of ether oxygens (including phenoxy) is 2. The molecule has 1 amide bonds. The normalized spacial score (nSPS) is 11.0. The number of benzene rings is 1. The van der Waals surface area contributed by atoms with Crippen LogP contribution in [0, 0.1) is 0 Å². The molecule has 0 fully saturated rings. The van der Waals surface area contributed by atoms with Crippen LogP contribution < -0.4 is 21.9 Å². The number of hydrogen-bond donors (Lipinski definition) is 3. The maximum absolute atomic E-state index is 13.0. The van der Waals surface area contributed by atoms with Gasteiger partial charge in [0, 0.05) is 37.3 Å². The number of amides is 1. The fourth-order valence-electron chi connectivity index (χ4n) is 3.44. The Morgan fingerprint density at radius 3 is 2.70 bits per heavy atom. The van der Waals surface area contributed by atoms with Crippen LogP contribution in [0.2, 0.25) is 0 Å². The molecule has 0 spiro atoms. The zero-order chi connectivity index (χ0) is 24.0. The molecule has 0 atom stereocenters. The van der Waals surface area contributed by atoms with Gasteiger partial charge in [-0.3, -0.25) is 24.0 Å². The number of nitrogens with zero attached hydrogens (tertiary/aromatic N) is 2. The third-order valence-electron chi connectivity index (χ3n) is 5.18. The molecule has 0 radical (unpaired) electrons. The summed E-state index contributed by atoms with van der Waals surface area (Å²) in [6, 6.07) is 7.18. The number of H-pyrrole nitrogens is 2. The van der Waals surface area contributed by atoms with E-state index in [0.29, 0.717) is 11.8 Å². The summed E-state index contributed by atoms with van der Waals surface area (Å²) in [5.41, 5.74) is 5.52. The zero-order valence-electron chi connectivity index (χ0n) is 18.6. The summed E-state index contributed by atoms with van der Waals surface area (Å²) in [6.07, 6.45) is 2.97. The quantitative estimate of drug-likeness (QED) is 0.387. The molecule has 2 heterocycles. The zero-order valence-corrected chi connectivity index (χ0v) is 18.6. The number of carbonyl (C=O) groups excluding carboxylic acids is 2. The van der Waals surface area contributed by atoms with Gasteiger partial charge in [0.1, 0.15) is 5.82 Å². The number of carbonyl (C=O) groups is 2. The third kappa shape index (κ3) is 5.14. The van der Waals surface area contributed by atoms with Crippen molar-refractivity contribution < 1.29 is 19.1 Å². The summed E-state index contributed by atoms with van der Waals surface area (Å²) in [7, 11) is 1.44. The summed E-state index contributed by atoms with van der Waals surface area (Å²) in [4.78, 5) is 56.6. The lowest BCUT2D eigenvalue weighted by molar-refractivity contribution is -0.121. The molecule has 0 bridgehead atoms. The molecule has 2 aromatic heterocycles. The number of anilines is 2. The highest BCUT2D eigenvalue weighted by Gasteiger charge is 2.25. The van der Waals surface area contributed by atoms with E-state index in [2.05, 4.69) is 9.97 Å². The van der Waals surface area contributed by atoms with Crippen molar-refractivity contribution in [2.24, 2.45) is 0 Å². The molecule has 3 aromatic rings. The van der Waals surface area contributed by atoms with Gasteiger partial charge < -0.3 is 20.2 Å².